The maximum Gasteiger partial charge on any atom is 0.111 e. The molecule has 4 aliphatic carbocycles. The first kappa shape index (κ1) is 26.4. The summed E-state index contributed by atoms with van der Waals surface area (Å²) in [7, 11) is 0. The molecular formula is C34H58N4O. The standard InChI is InChI=1S/C34H58N4O/c1-3-8-23(9-4-1)37(24-10-5-2-6-11-24)25-14-16-31-29(20-25)30-22-35-19-17-32(30)38(31)26-13-15-27-28-12-7-18-36-34(28)39-33(27)21-26/h23-36H,1-22H2. The molecule has 4 heterocycles. The van der Waals surface area contributed by atoms with Crippen molar-refractivity contribution in [2.45, 2.75) is 171 Å². The van der Waals surface area contributed by atoms with Gasteiger partial charge < -0.3 is 10.1 Å². The van der Waals surface area contributed by atoms with Gasteiger partial charge in [0, 0.05) is 42.2 Å². The van der Waals surface area contributed by atoms with Crippen LogP contribution in [-0.4, -0.2) is 78.0 Å². The van der Waals surface area contributed by atoms with Gasteiger partial charge in [0.15, 0.2) is 0 Å². The van der Waals surface area contributed by atoms with Gasteiger partial charge in [0.1, 0.15) is 6.23 Å². The maximum absolute atomic E-state index is 6.76. The maximum atomic E-state index is 6.76. The van der Waals surface area contributed by atoms with Crippen LogP contribution in [0.1, 0.15) is 122 Å². The first-order chi connectivity index (χ1) is 19.3. The number of piperidine rings is 2. The van der Waals surface area contributed by atoms with Gasteiger partial charge in [0.25, 0.3) is 0 Å². The average Bonchev–Trinajstić information content (AvgIpc) is 3.53. The van der Waals surface area contributed by atoms with Crippen molar-refractivity contribution in [3.63, 3.8) is 0 Å². The third kappa shape index (κ3) is 4.86. The molecule has 39 heavy (non-hydrogen) atoms. The first-order valence-electron chi connectivity index (χ1n) is 18.0. The van der Waals surface area contributed by atoms with E-state index in [9.17, 15) is 0 Å². The molecule has 5 nitrogen and oxygen atoms in total. The summed E-state index contributed by atoms with van der Waals surface area (Å²) in [5.41, 5.74) is 0. The van der Waals surface area contributed by atoms with Crippen LogP contribution in [0.2, 0.25) is 0 Å². The molecule has 0 spiro atoms. The normalized spacial score (nSPS) is 47.9. The van der Waals surface area contributed by atoms with E-state index in [0.717, 1.165) is 66.5 Å². The van der Waals surface area contributed by atoms with Gasteiger partial charge in [0.2, 0.25) is 0 Å². The minimum atomic E-state index is 0.367. The summed E-state index contributed by atoms with van der Waals surface area (Å²) in [4.78, 5) is 6.40. The summed E-state index contributed by atoms with van der Waals surface area (Å²) >= 11 is 0. The number of hydrogen-bond acceptors (Lipinski definition) is 5. The molecule has 4 saturated carbocycles. The molecule has 0 amide bonds. The van der Waals surface area contributed by atoms with E-state index >= 15 is 0 Å². The summed E-state index contributed by atoms with van der Waals surface area (Å²) in [6, 6.07) is 5.11. The molecule has 8 rings (SSSR count). The Labute approximate surface area is 238 Å². The van der Waals surface area contributed by atoms with Crippen LogP contribution < -0.4 is 10.6 Å². The van der Waals surface area contributed by atoms with Gasteiger partial charge in [-0.2, -0.15) is 0 Å². The van der Waals surface area contributed by atoms with E-state index in [4.69, 9.17) is 4.74 Å². The molecule has 0 radical (unpaired) electrons. The fourth-order valence-electron chi connectivity index (χ4n) is 12.1. The Morgan fingerprint density at radius 2 is 1.33 bits per heavy atom. The van der Waals surface area contributed by atoms with E-state index in [0.29, 0.717) is 12.3 Å². The molecule has 220 valence electrons. The zero-order chi connectivity index (χ0) is 25.8. The summed E-state index contributed by atoms with van der Waals surface area (Å²) in [6.07, 6.45) is 28.5. The number of hydrogen-bond donors (Lipinski definition) is 2. The van der Waals surface area contributed by atoms with Crippen molar-refractivity contribution in [2.24, 2.45) is 23.7 Å². The van der Waals surface area contributed by atoms with Crippen molar-refractivity contribution in [2.75, 3.05) is 19.6 Å². The summed E-state index contributed by atoms with van der Waals surface area (Å²) in [5, 5.41) is 7.61. The summed E-state index contributed by atoms with van der Waals surface area (Å²) in [6.45, 7) is 3.68. The second kappa shape index (κ2) is 11.5. The quantitative estimate of drug-likeness (QED) is 0.482. The smallest absolute Gasteiger partial charge is 0.111 e. The van der Waals surface area contributed by atoms with Crippen LogP contribution in [0, 0.1) is 23.7 Å². The highest BCUT2D eigenvalue weighted by molar-refractivity contribution is 5.10. The molecule has 0 aromatic heterocycles. The Morgan fingerprint density at radius 1 is 0.564 bits per heavy atom. The molecular weight excluding hydrogens is 480 g/mol. The first-order valence-corrected chi connectivity index (χ1v) is 18.0. The lowest BCUT2D eigenvalue weighted by Crippen LogP contribution is -2.55. The Morgan fingerprint density at radius 3 is 2.13 bits per heavy atom. The molecule has 0 bridgehead atoms. The van der Waals surface area contributed by atoms with Crippen molar-refractivity contribution in [1.82, 2.24) is 20.4 Å². The molecule has 5 heteroatoms. The van der Waals surface area contributed by atoms with Gasteiger partial charge in [-0.25, -0.2) is 0 Å². The van der Waals surface area contributed by atoms with Crippen LogP contribution >= 0.6 is 0 Å². The Bertz CT molecular complexity index is 808. The Hall–Kier alpha value is -0.200. The van der Waals surface area contributed by atoms with Gasteiger partial charge in [-0.1, -0.05) is 38.5 Å². The lowest BCUT2D eigenvalue weighted by molar-refractivity contribution is -0.0394. The fourth-order valence-corrected chi connectivity index (χ4v) is 12.1. The number of ether oxygens (including phenoxy) is 1. The van der Waals surface area contributed by atoms with Crippen molar-refractivity contribution in [1.29, 1.82) is 0 Å². The lowest BCUT2D eigenvalue weighted by Gasteiger charge is -2.50. The molecule has 4 aliphatic heterocycles. The number of nitrogens with zero attached hydrogens (tertiary/aromatic N) is 2. The monoisotopic (exact) mass is 538 g/mol. The van der Waals surface area contributed by atoms with Crippen molar-refractivity contribution in [3.8, 4) is 0 Å². The minimum absolute atomic E-state index is 0.367. The Kier molecular flexibility index (Phi) is 7.77. The SMILES string of the molecule is C1CCC(N(C2CCCCC2)C2CCC3C(C2)C2CNCCC2N3C2CCC3C(C2)OC2NCCCC23)CC1. The topological polar surface area (TPSA) is 39.8 Å². The van der Waals surface area contributed by atoms with Crippen LogP contribution in [-0.2, 0) is 4.74 Å². The predicted molar refractivity (Wildman–Crippen MR) is 158 cm³/mol. The van der Waals surface area contributed by atoms with Crippen LogP contribution in [0.25, 0.3) is 0 Å². The second-order valence-corrected chi connectivity index (χ2v) is 15.4. The van der Waals surface area contributed by atoms with E-state index in [1.54, 1.807) is 0 Å². The number of likely N-dealkylation sites (tertiary alicyclic amines) is 1. The highest BCUT2D eigenvalue weighted by Crippen LogP contribution is 2.52. The molecule has 2 N–H and O–H groups in total. The van der Waals surface area contributed by atoms with Crippen LogP contribution in [0.3, 0.4) is 0 Å². The molecule has 8 fully saturated rings. The Balaban J connectivity index is 1.01. The molecule has 4 saturated heterocycles. The van der Waals surface area contributed by atoms with E-state index in [1.807, 2.05) is 0 Å². The molecule has 0 aromatic rings. The number of fused-ring (bicyclic) bond motifs is 6. The second-order valence-electron chi connectivity index (χ2n) is 15.4. The fraction of sp³-hybridized carbons (Fsp3) is 1.00. The van der Waals surface area contributed by atoms with Gasteiger partial charge in [0.05, 0.1) is 6.10 Å². The largest absolute Gasteiger partial charge is 0.359 e. The zero-order valence-electron chi connectivity index (χ0n) is 24.8. The summed E-state index contributed by atoms with van der Waals surface area (Å²) < 4.78 is 6.76. The third-order valence-electron chi connectivity index (χ3n) is 13.6. The predicted octanol–water partition coefficient (Wildman–Crippen LogP) is 5.68. The van der Waals surface area contributed by atoms with Crippen LogP contribution in [0.4, 0.5) is 0 Å². The number of nitrogens with one attached hydrogen (secondary N) is 2. The van der Waals surface area contributed by atoms with Gasteiger partial charge in [-0.05, 0) is 121 Å². The molecule has 8 aliphatic rings. The average molecular weight is 539 g/mol. The van der Waals surface area contributed by atoms with Crippen molar-refractivity contribution >= 4 is 0 Å². The van der Waals surface area contributed by atoms with Gasteiger partial charge >= 0.3 is 0 Å². The number of rotatable bonds is 4. The van der Waals surface area contributed by atoms with Gasteiger partial charge in [-0.15, -0.1) is 0 Å². The van der Waals surface area contributed by atoms with E-state index in [2.05, 4.69) is 20.4 Å². The van der Waals surface area contributed by atoms with E-state index in [1.165, 1.54) is 135 Å². The lowest BCUT2D eigenvalue weighted by atomic mass is 9.73. The third-order valence-corrected chi connectivity index (χ3v) is 13.6. The highest BCUT2D eigenvalue weighted by atomic mass is 16.5. The highest BCUT2D eigenvalue weighted by Gasteiger charge is 2.56. The molecule has 0 aromatic carbocycles. The minimum Gasteiger partial charge on any atom is -0.359 e. The molecule has 10 unspecified atom stereocenters. The zero-order valence-corrected chi connectivity index (χ0v) is 24.8. The van der Waals surface area contributed by atoms with Crippen LogP contribution in [0.5, 0.6) is 0 Å². The molecule has 10 atom stereocenters. The van der Waals surface area contributed by atoms with Crippen LogP contribution in [0.15, 0.2) is 0 Å². The van der Waals surface area contributed by atoms with Crippen molar-refractivity contribution < 1.29 is 4.74 Å². The summed E-state index contributed by atoms with van der Waals surface area (Å²) in [5.74, 6) is 3.43. The van der Waals surface area contributed by atoms with E-state index in [-0.39, 0.29) is 0 Å². The van der Waals surface area contributed by atoms with Gasteiger partial charge in [-0.3, -0.25) is 15.1 Å². The van der Waals surface area contributed by atoms with Crippen molar-refractivity contribution in [3.05, 3.63) is 0 Å². The van der Waals surface area contributed by atoms with E-state index < -0.39 is 0 Å².